The summed E-state index contributed by atoms with van der Waals surface area (Å²) < 4.78 is 7.15. The first kappa shape index (κ1) is 12.2. The Labute approximate surface area is 106 Å². The van der Waals surface area contributed by atoms with Crippen molar-refractivity contribution >= 4 is 11.6 Å². The molecule has 0 radical (unpaired) electrons. The molecule has 0 saturated carbocycles. The molecule has 1 unspecified atom stereocenters. The number of rotatable bonds is 4. The first-order chi connectivity index (χ1) is 8.15. The van der Waals surface area contributed by atoms with Gasteiger partial charge in [0.1, 0.15) is 5.76 Å². The number of halogens is 1. The van der Waals surface area contributed by atoms with Crippen LogP contribution in [0.2, 0.25) is 5.02 Å². The van der Waals surface area contributed by atoms with Crippen molar-refractivity contribution in [3.8, 4) is 0 Å². The maximum Gasteiger partial charge on any atom is 0.105 e. The molecule has 1 atom stereocenters. The third-order valence-corrected chi connectivity index (χ3v) is 3.12. The summed E-state index contributed by atoms with van der Waals surface area (Å²) in [4.78, 5) is 0. The van der Waals surface area contributed by atoms with E-state index in [1.807, 2.05) is 20.0 Å². The van der Waals surface area contributed by atoms with Crippen molar-refractivity contribution in [2.24, 2.45) is 7.05 Å². The van der Waals surface area contributed by atoms with Crippen molar-refractivity contribution in [1.82, 2.24) is 15.1 Å². The molecule has 0 spiro atoms. The van der Waals surface area contributed by atoms with E-state index < -0.39 is 0 Å². The predicted molar refractivity (Wildman–Crippen MR) is 67.2 cm³/mol. The van der Waals surface area contributed by atoms with E-state index in [4.69, 9.17) is 16.0 Å². The summed E-state index contributed by atoms with van der Waals surface area (Å²) in [7, 11) is 1.89. The van der Waals surface area contributed by atoms with Crippen LogP contribution in [0, 0.1) is 6.92 Å². The molecule has 0 fully saturated rings. The Balaban J connectivity index is 2.46. The van der Waals surface area contributed by atoms with Crippen LogP contribution in [-0.2, 0) is 7.05 Å². The molecule has 0 aliphatic rings. The number of hydrogen-bond acceptors (Lipinski definition) is 3. The first-order valence-corrected chi connectivity index (χ1v) is 5.97. The third kappa shape index (κ3) is 2.23. The van der Waals surface area contributed by atoms with Crippen LogP contribution in [0.3, 0.4) is 0 Å². The average Bonchev–Trinajstić information content (AvgIpc) is 2.84. The van der Waals surface area contributed by atoms with Crippen LogP contribution in [0.1, 0.15) is 30.0 Å². The fraction of sp³-hybridized carbons (Fsp3) is 0.417. The van der Waals surface area contributed by atoms with Gasteiger partial charge in [0.2, 0.25) is 0 Å². The molecule has 2 heterocycles. The minimum absolute atomic E-state index is 0.0127. The molecule has 5 heteroatoms. The second-order valence-electron chi connectivity index (χ2n) is 3.92. The minimum atomic E-state index is 0.0127. The van der Waals surface area contributed by atoms with E-state index in [0.29, 0.717) is 5.02 Å². The van der Waals surface area contributed by atoms with E-state index in [0.717, 1.165) is 23.6 Å². The quantitative estimate of drug-likeness (QED) is 0.911. The Bertz CT molecular complexity index is 484. The van der Waals surface area contributed by atoms with Gasteiger partial charge in [-0.3, -0.25) is 4.68 Å². The summed E-state index contributed by atoms with van der Waals surface area (Å²) in [6, 6.07) is 1.98. The van der Waals surface area contributed by atoms with E-state index in [1.54, 1.807) is 17.1 Å². The van der Waals surface area contributed by atoms with Crippen LogP contribution in [-0.4, -0.2) is 16.3 Å². The first-order valence-electron chi connectivity index (χ1n) is 5.60. The second-order valence-corrected chi connectivity index (χ2v) is 4.33. The Hall–Kier alpha value is -1.26. The molecule has 0 amide bonds. The van der Waals surface area contributed by atoms with Gasteiger partial charge in [0.05, 0.1) is 29.2 Å². The average molecular weight is 254 g/mol. The topological polar surface area (TPSA) is 43.0 Å². The summed E-state index contributed by atoms with van der Waals surface area (Å²) in [5.41, 5.74) is 2.05. The molecule has 0 aliphatic carbocycles. The number of nitrogens with zero attached hydrogens (tertiary/aromatic N) is 2. The molecule has 17 heavy (non-hydrogen) atoms. The van der Waals surface area contributed by atoms with Crippen LogP contribution in [0.4, 0.5) is 0 Å². The van der Waals surface area contributed by atoms with Gasteiger partial charge in [-0.1, -0.05) is 18.5 Å². The van der Waals surface area contributed by atoms with Crippen LogP contribution in [0.5, 0.6) is 0 Å². The Kier molecular flexibility index (Phi) is 3.54. The molecule has 2 aromatic rings. The van der Waals surface area contributed by atoms with E-state index in [9.17, 15) is 0 Å². The van der Waals surface area contributed by atoms with Gasteiger partial charge < -0.3 is 9.73 Å². The Morgan fingerprint density at radius 2 is 2.35 bits per heavy atom. The van der Waals surface area contributed by atoms with Crippen LogP contribution >= 0.6 is 11.6 Å². The monoisotopic (exact) mass is 253 g/mol. The molecule has 2 rings (SSSR count). The highest BCUT2D eigenvalue weighted by atomic mass is 35.5. The van der Waals surface area contributed by atoms with Gasteiger partial charge in [-0.15, -0.1) is 0 Å². The Morgan fingerprint density at radius 1 is 1.59 bits per heavy atom. The SMILES string of the molecule is CCNC(c1ccoc1C)c1c(Cl)cnn1C. The van der Waals surface area contributed by atoms with Crippen LogP contribution in [0.15, 0.2) is 22.9 Å². The van der Waals surface area contributed by atoms with Gasteiger partial charge in [0.15, 0.2) is 0 Å². The molecule has 4 nitrogen and oxygen atoms in total. The molecule has 1 N–H and O–H groups in total. The molecule has 0 saturated heterocycles. The van der Waals surface area contributed by atoms with Gasteiger partial charge in [0, 0.05) is 12.6 Å². The largest absolute Gasteiger partial charge is 0.469 e. The van der Waals surface area contributed by atoms with E-state index in [2.05, 4.69) is 17.3 Å². The number of aromatic nitrogens is 2. The summed E-state index contributed by atoms with van der Waals surface area (Å²) in [6.45, 7) is 4.85. The van der Waals surface area contributed by atoms with Crippen molar-refractivity contribution in [1.29, 1.82) is 0 Å². The summed E-state index contributed by atoms with van der Waals surface area (Å²) in [5, 5.41) is 8.24. The highest BCUT2D eigenvalue weighted by Gasteiger charge is 2.22. The second kappa shape index (κ2) is 4.94. The van der Waals surface area contributed by atoms with Gasteiger partial charge in [0.25, 0.3) is 0 Å². The number of furan rings is 1. The fourth-order valence-corrected chi connectivity index (χ4v) is 2.27. The molecule has 0 aromatic carbocycles. The standard InChI is InChI=1S/C12H16ClN3O/c1-4-14-11(9-5-6-17-8(9)2)12-10(13)7-15-16(12)3/h5-7,11,14H,4H2,1-3H3. The summed E-state index contributed by atoms with van der Waals surface area (Å²) in [6.07, 6.45) is 3.36. The predicted octanol–water partition coefficient (Wildman–Crippen LogP) is 2.67. The molecular weight excluding hydrogens is 238 g/mol. The lowest BCUT2D eigenvalue weighted by Crippen LogP contribution is -2.24. The van der Waals surface area contributed by atoms with Crippen LogP contribution in [0.25, 0.3) is 0 Å². The fourth-order valence-electron chi connectivity index (χ4n) is 2.00. The maximum absolute atomic E-state index is 6.19. The normalized spacial score (nSPS) is 12.9. The molecule has 92 valence electrons. The number of nitrogens with one attached hydrogen (secondary N) is 1. The zero-order valence-corrected chi connectivity index (χ0v) is 11.0. The summed E-state index contributed by atoms with van der Waals surface area (Å²) >= 11 is 6.19. The van der Waals surface area contributed by atoms with E-state index >= 15 is 0 Å². The maximum atomic E-state index is 6.19. The lowest BCUT2D eigenvalue weighted by Gasteiger charge is -2.18. The Morgan fingerprint density at radius 3 is 2.82 bits per heavy atom. The van der Waals surface area contributed by atoms with Gasteiger partial charge in [-0.2, -0.15) is 5.10 Å². The minimum Gasteiger partial charge on any atom is -0.469 e. The van der Waals surface area contributed by atoms with Crippen molar-refractivity contribution < 1.29 is 4.42 Å². The van der Waals surface area contributed by atoms with Gasteiger partial charge in [-0.25, -0.2) is 0 Å². The third-order valence-electron chi connectivity index (χ3n) is 2.83. The molecular formula is C12H16ClN3O. The zero-order valence-electron chi connectivity index (χ0n) is 10.2. The molecule has 2 aromatic heterocycles. The highest BCUT2D eigenvalue weighted by Crippen LogP contribution is 2.29. The zero-order chi connectivity index (χ0) is 12.4. The van der Waals surface area contributed by atoms with Crippen molar-refractivity contribution in [2.75, 3.05) is 6.54 Å². The lowest BCUT2D eigenvalue weighted by atomic mass is 10.0. The van der Waals surface area contributed by atoms with Crippen molar-refractivity contribution in [3.63, 3.8) is 0 Å². The molecule has 0 aliphatic heterocycles. The van der Waals surface area contributed by atoms with Crippen molar-refractivity contribution in [3.05, 3.63) is 40.6 Å². The van der Waals surface area contributed by atoms with Gasteiger partial charge >= 0.3 is 0 Å². The summed E-state index contributed by atoms with van der Waals surface area (Å²) in [5.74, 6) is 0.896. The van der Waals surface area contributed by atoms with E-state index in [1.165, 1.54) is 0 Å². The van der Waals surface area contributed by atoms with Crippen LogP contribution < -0.4 is 5.32 Å². The lowest BCUT2D eigenvalue weighted by molar-refractivity contribution is 0.512. The van der Waals surface area contributed by atoms with Crippen molar-refractivity contribution in [2.45, 2.75) is 19.9 Å². The number of hydrogen-bond donors (Lipinski definition) is 1. The smallest absolute Gasteiger partial charge is 0.105 e. The highest BCUT2D eigenvalue weighted by molar-refractivity contribution is 6.31. The van der Waals surface area contributed by atoms with Gasteiger partial charge in [-0.05, 0) is 19.5 Å². The molecule has 0 bridgehead atoms. The van der Waals surface area contributed by atoms with E-state index in [-0.39, 0.29) is 6.04 Å². The number of aryl methyl sites for hydroxylation is 2.